The molecule has 0 bridgehead atoms. The molecule has 0 unspecified atom stereocenters. The second kappa shape index (κ2) is 3.96. The zero-order chi connectivity index (χ0) is 12.5. The van der Waals surface area contributed by atoms with Crippen LogP contribution >= 0.6 is 0 Å². The summed E-state index contributed by atoms with van der Waals surface area (Å²) in [6.07, 6.45) is -1.15. The van der Waals surface area contributed by atoms with E-state index in [-0.39, 0.29) is 0 Å². The van der Waals surface area contributed by atoms with Crippen molar-refractivity contribution in [1.82, 2.24) is 20.0 Å². The minimum Gasteiger partial charge on any atom is -0.282 e. The summed E-state index contributed by atoms with van der Waals surface area (Å²) in [4.78, 5) is 14.6. The van der Waals surface area contributed by atoms with E-state index >= 15 is 0 Å². The van der Waals surface area contributed by atoms with Gasteiger partial charge in [-0.15, -0.1) is 5.10 Å². The number of carbonyl (C=O) groups is 1. The number of hydrogen-bond acceptors (Lipinski definition) is 4. The van der Waals surface area contributed by atoms with Crippen molar-refractivity contribution >= 4 is 5.78 Å². The van der Waals surface area contributed by atoms with Gasteiger partial charge in [0.25, 0.3) is 5.78 Å². The molecule has 2 aromatic rings. The van der Waals surface area contributed by atoms with E-state index in [9.17, 15) is 18.0 Å². The van der Waals surface area contributed by atoms with E-state index in [1.807, 2.05) is 0 Å². The number of aromatic nitrogens is 4. The molecule has 0 spiro atoms. The molecule has 5 nitrogen and oxygen atoms in total. The first-order valence-electron chi connectivity index (χ1n) is 4.43. The van der Waals surface area contributed by atoms with Gasteiger partial charge < -0.3 is 0 Å². The van der Waals surface area contributed by atoms with Gasteiger partial charge in [-0.05, 0) is 12.1 Å². The fraction of sp³-hybridized carbons (Fsp3) is 0.111. The van der Waals surface area contributed by atoms with Gasteiger partial charge in [0.1, 0.15) is 0 Å². The van der Waals surface area contributed by atoms with Crippen LogP contribution in [0, 0.1) is 0 Å². The molecule has 0 amide bonds. The molecule has 2 aromatic heterocycles. The molecular weight excluding hydrogens is 237 g/mol. The van der Waals surface area contributed by atoms with Crippen molar-refractivity contribution in [2.24, 2.45) is 0 Å². The van der Waals surface area contributed by atoms with Crippen LogP contribution in [-0.2, 0) is 0 Å². The van der Waals surface area contributed by atoms with E-state index in [0.717, 1.165) is 10.9 Å². The maximum absolute atomic E-state index is 12.1. The molecule has 0 N–H and O–H groups in total. The third kappa shape index (κ3) is 2.30. The van der Waals surface area contributed by atoms with Gasteiger partial charge in [0, 0.05) is 6.20 Å². The molecule has 0 radical (unpaired) electrons. The Morgan fingerprint density at radius 2 is 2.12 bits per heavy atom. The Bertz CT molecular complexity index is 535. The molecule has 2 heterocycles. The number of ketones is 1. The predicted octanol–water partition coefficient (Wildman–Crippen LogP) is 1.41. The fourth-order valence-electron chi connectivity index (χ4n) is 1.13. The fourth-order valence-corrected chi connectivity index (χ4v) is 1.13. The lowest BCUT2D eigenvalue weighted by atomic mass is 10.3. The number of halogens is 3. The minimum absolute atomic E-state index is 0.418. The number of nitrogens with zero attached hydrogens (tertiary/aromatic N) is 4. The first kappa shape index (κ1) is 11.2. The largest absolute Gasteiger partial charge is 0.456 e. The summed E-state index contributed by atoms with van der Waals surface area (Å²) in [5.41, 5.74) is -0.331. The van der Waals surface area contributed by atoms with Crippen molar-refractivity contribution in [3.05, 3.63) is 36.4 Å². The number of carbonyl (C=O) groups excluding carboxylic acids is 1. The number of alkyl halides is 3. The summed E-state index contributed by atoms with van der Waals surface area (Å²) in [6, 6.07) is 3.16. The molecule has 0 aliphatic heterocycles. The Kier molecular flexibility index (Phi) is 2.62. The molecule has 0 aliphatic carbocycles. The van der Waals surface area contributed by atoms with Crippen molar-refractivity contribution in [2.45, 2.75) is 6.18 Å². The van der Waals surface area contributed by atoms with E-state index in [2.05, 4.69) is 15.3 Å². The zero-order valence-corrected chi connectivity index (χ0v) is 8.22. The van der Waals surface area contributed by atoms with E-state index < -0.39 is 17.7 Å². The van der Waals surface area contributed by atoms with Crippen LogP contribution in [0.15, 0.2) is 30.7 Å². The third-order valence-electron chi connectivity index (χ3n) is 1.89. The Morgan fingerprint density at radius 1 is 1.35 bits per heavy atom. The van der Waals surface area contributed by atoms with Crippen LogP contribution in [0.1, 0.15) is 10.5 Å². The van der Waals surface area contributed by atoms with Gasteiger partial charge in [0.2, 0.25) is 0 Å². The van der Waals surface area contributed by atoms with E-state index in [4.69, 9.17) is 0 Å². The lowest BCUT2D eigenvalue weighted by Gasteiger charge is -2.00. The smallest absolute Gasteiger partial charge is 0.282 e. The van der Waals surface area contributed by atoms with Gasteiger partial charge in [-0.3, -0.25) is 9.78 Å². The highest BCUT2D eigenvalue weighted by atomic mass is 19.4. The second-order valence-corrected chi connectivity index (χ2v) is 3.09. The Hall–Kier alpha value is -2.25. The Balaban J connectivity index is 2.32. The van der Waals surface area contributed by atoms with Crippen LogP contribution in [0.3, 0.4) is 0 Å². The van der Waals surface area contributed by atoms with E-state index in [1.165, 1.54) is 12.4 Å². The van der Waals surface area contributed by atoms with Gasteiger partial charge in [0.15, 0.2) is 5.69 Å². The van der Waals surface area contributed by atoms with Crippen LogP contribution in [0.5, 0.6) is 0 Å². The van der Waals surface area contributed by atoms with Crippen molar-refractivity contribution in [3.8, 4) is 5.69 Å². The first-order valence-corrected chi connectivity index (χ1v) is 4.43. The molecule has 2 rings (SSSR count). The topological polar surface area (TPSA) is 60.7 Å². The predicted molar refractivity (Wildman–Crippen MR) is 49.5 cm³/mol. The summed E-state index contributed by atoms with van der Waals surface area (Å²) in [7, 11) is 0. The van der Waals surface area contributed by atoms with Crippen LogP contribution in [0.25, 0.3) is 5.69 Å². The molecule has 0 saturated heterocycles. The summed E-state index contributed by atoms with van der Waals surface area (Å²) < 4.78 is 37.4. The normalized spacial score (nSPS) is 11.5. The molecule has 0 aliphatic rings. The van der Waals surface area contributed by atoms with Gasteiger partial charge in [0.05, 0.1) is 18.1 Å². The van der Waals surface area contributed by atoms with E-state index in [0.29, 0.717) is 5.69 Å². The van der Waals surface area contributed by atoms with Gasteiger partial charge >= 0.3 is 6.18 Å². The molecule has 0 atom stereocenters. The molecule has 8 heteroatoms. The van der Waals surface area contributed by atoms with Crippen molar-refractivity contribution < 1.29 is 18.0 Å². The number of Topliss-reactive ketones (excluding diaryl/α,β-unsaturated/α-hetero) is 1. The molecule has 0 saturated carbocycles. The average molecular weight is 242 g/mol. The maximum atomic E-state index is 12.1. The van der Waals surface area contributed by atoms with Crippen LogP contribution in [-0.4, -0.2) is 31.9 Å². The zero-order valence-electron chi connectivity index (χ0n) is 8.22. The van der Waals surface area contributed by atoms with Crippen molar-refractivity contribution in [3.63, 3.8) is 0 Å². The Labute approximate surface area is 92.9 Å². The van der Waals surface area contributed by atoms with Gasteiger partial charge in [-0.25, -0.2) is 4.68 Å². The molecular formula is C9H5F3N4O. The maximum Gasteiger partial charge on any atom is 0.456 e. The van der Waals surface area contributed by atoms with Gasteiger partial charge in [-0.1, -0.05) is 5.21 Å². The lowest BCUT2D eigenvalue weighted by molar-refractivity contribution is -0.0888. The summed E-state index contributed by atoms with van der Waals surface area (Å²) in [5, 5.41) is 6.60. The van der Waals surface area contributed by atoms with E-state index in [1.54, 1.807) is 12.1 Å². The molecule has 0 aromatic carbocycles. The van der Waals surface area contributed by atoms with Gasteiger partial charge in [-0.2, -0.15) is 13.2 Å². The highest BCUT2D eigenvalue weighted by molar-refractivity contribution is 5.98. The molecule has 0 fully saturated rings. The van der Waals surface area contributed by atoms with Crippen LogP contribution in [0.2, 0.25) is 0 Å². The van der Waals surface area contributed by atoms with Crippen molar-refractivity contribution in [2.75, 3.05) is 0 Å². The number of hydrogen-bond donors (Lipinski definition) is 0. The molecule has 88 valence electrons. The Morgan fingerprint density at radius 3 is 2.71 bits per heavy atom. The summed E-state index contributed by atoms with van der Waals surface area (Å²) in [5.74, 6) is -2.02. The molecule has 17 heavy (non-hydrogen) atoms. The van der Waals surface area contributed by atoms with Crippen molar-refractivity contribution in [1.29, 1.82) is 0 Å². The monoisotopic (exact) mass is 242 g/mol. The SMILES string of the molecule is O=C(c1cn(-c2cccnc2)nn1)C(F)(F)F. The summed E-state index contributed by atoms with van der Waals surface area (Å²) in [6.45, 7) is 0. The third-order valence-corrected chi connectivity index (χ3v) is 1.89. The minimum atomic E-state index is -4.95. The number of pyridine rings is 1. The van der Waals surface area contributed by atoms with Crippen LogP contribution < -0.4 is 0 Å². The lowest BCUT2D eigenvalue weighted by Crippen LogP contribution is -2.23. The highest BCUT2D eigenvalue weighted by Gasteiger charge is 2.41. The first-order chi connectivity index (χ1) is 7.98. The van der Waals surface area contributed by atoms with Crippen LogP contribution in [0.4, 0.5) is 13.2 Å². The second-order valence-electron chi connectivity index (χ2n) is 3.09. The summed E-state index contributed by atoms with van der Waals surface area (Å²) >= 11 is 0. The quantitative estimate of drug-likeness (QED) is 0.747. The number of rotatable bonds is 2. The average Bonchev–Trinajstić information content (AvgIpc) is 2.77. The highest BCUT2D eigenvalue weighted by Crippen LogP contribution is 2.20. The standard InChI is InChI=1S/C9H5F3N4O/c10-9(11,12)8(17)7-5-16(15-14-7)6-2-1-3-13-4-6/h1-5H.